The molecule has 11 heavy (non-hydrogen) atoms. The summed E-state index contributed by atoms with van der Waals surface area (Å²) >= 11 is 5.50. The molecule has 1 aliphatic heterocycles. The minimum absolute atomic E-state index is 0.0216. The Balaban J connectivity index is 2.19. The lowest BCUT2D eigenvalue weighted by molar-refractivity contribution is -0.128. The third-order valence-electron chi connectivity index (χ3n) is 1.66. The summed E-state index contributed by atoms with van der Waals surface area (Å²) in [5, 5.41) is 2.82. The Kier molecular flexibility index (Phi) is 3.15. The number of carbonyl (C=O) groups excluding carboxylic acids is 1. The van der Waals surface area contributed by atoms with Crippen molar-refractivity contribution in [2.75, 3.05) is 19.1 Å². The number of ether oxygens (including phenoxy) is 1. The van der Waals surface area contributed by atoms with Gasteiger partial charge in [-0.25, -0.2) is 0 Å². The highest BCUT2D eigenvalue weighted by Gasteiger charge is 2.22. The molecule has 0 aromatic carbocycles. The van der Waals surface area contributed by atoms with E-state index >= 15 is 0 Å². The van der Waals surface area contributed by atoms with E-state index in [1.807, 2.05) is 6.92 Å². The van der Waals surface area contributed by atoms with E-state index in [1.165, 1.54) is 0 Å². The molecule has 1 saturated heterocycles. The molecule has 1 amide bonds. The molecule has 0 radical (unpaired) electrons. The Morgan fingerprint density at radius 2 is 2.45 bits per heavy atom. The van der Waals surface area contributed by atoms with Gasteiger partial charge in [0.15, 0.2) is 0 Å². The van der Waals surface area contributed by atoms with Crippen molar-refractivity contribution in [3.05, 3.63) is 0 Å². The van der Waals surface area contributed by atoms with Crippen molar-refractivity contribution >= 4 is 17.5 Å². The molecule has 1 rings (SSSR count). The van der Waals surface area contributed by atoms with Crippen LogP contribution in [-0.4, -0.2) is 31.0 Å². The molecule has 0 bridgehead atoms. The van der Waals surface area contributed by atoms with E-state index in [-0.39, 0.29) is 17.9 Å². The highest BCUT2D eigenvalue weighted by molar-refractivity contribution is 6.19. The van der Waals surface area contributed by atoms with Crippen LogP contribution in [0.1, 0.15) is 6.92 Å². The number of alkyl halides is 1. The second kappa shape index (κ2) is 3.93. The number of carbonyl (C=O) groups is 1. The van der Waals surface area contributed by atoms with E-state index in [0.717, 1.165) is 0 Å². The van der Waals surface area contributed by atoms with Gasteiger partial charge in [0, 0.05) is 11.8 Å². The SMILES string of the molecule is CC(CCl)C(=O)NC1COC1. The molecule has 0 spiro atoms. The number of halogens is 1. The monoisotopic (exact) mass is 177 g/mol. The van der Waals surface area contributed by atoms with Crippen molar-refractivity contribution in [1.29, 1.82) is 0 Å². The molecule has 1 fully saturated rings. The molecule has 0 aromatic heterocycles. The predicted molar refractivity (Wildman–Crippen MR) is 42.6 cm³/mol. The van der Waals surface area contributed by atoms with Crippen LogP contribution in [0.2, 0.25) is 0 Å². The summed E-state index contributed by atoms with van der Waals surface area (Å²) in [7, 11) is 0. The first-order valence-corrected chi connectivity index (χ1v) is 4.21. The van der Waals surface area contributed by atoms with Gasteiger partial charge >= 0.3 is 0 Å². The highest BCUT2D eigenvalue weighted by atomic mass is 35.5. The van der Waals surface area contributed by atoms with Crippen LogP contribution in [0.25, 0.3) is 0 Å². The Bertz CT molecular complexity index is 147. The standard InChI is InChI=1S/C7H12ClNO2/c1-5(2-8)7(10)9-6-3-11-4-6/h5-6H,2-4H2,1H3,(H,9,10). The van der Waals surface area contributed by atoms with E-state index in [0.29, 0.717) is 19.1 Å². The van der Waals surface area contributed by atoms with Gasteiger partial charge in [-0.2, -0.15) is 0 Å². The predicted octanol–water partition coefficient (Wildman–Crippen LogP) is 0.376. The van der Waals surface area contributed by atoms with Crippen molar-refractivity contribution in [1.82, 2.24) is 5.32 Å². The summed E-state index contributed by atoms with van der Waals surface area (Å²) in [4.78, 5) is 11.1. The topological polar surface area (TPSA) is 38.3 Å². The summed E-state index contributed by atoms with van der Waals surface area (Å²) in [5.74, 6) is 0.296. The van der Waals surface area contributed by atoms with Crippen LogP contribution in [0.5, 0.6) is 0 Å². The summed E-state index contributed by atoms with van der Waals surface area (Å²) in [6.45, 7) is 3.09. The molecule has 4 heteroatoms. The highest BCUT2D eigenvalue weighted by Crippen LogP contribution is 2.03. The Hall–Kier alpha value is -0.280. The van der Waals surface area contributed by atoms with E-state index < -0.39 is 0 Å². The van der Waals surface area contributed by atoms with Gasteiger partial charge in [-0.05, 0) is 0 Å². The smallest absolute Gasteiger partial charge is 0.224 e. The maximum absolute atomic E-state index is 11.1. The number of amides is 1. The molecular formula is C7H12ClNO2. The van der Waals surface area contributed by atoms with Gasteiger partial charge < -0.3 is 10.1 Å². The number of nitrogens with one attached hydrogen (secondary N) is 1. The zero-order chi connectivity index (χ0) is 8.27. The third-order valence-corrected chi connectivity index (χ3v) is 2.13. The third kappa shape index (κ3) is 2.34. The van der Waals surface area contributed by atoms with Crippen LogP contribution in [0.15, 0.2) is 0 Å². The molecule has 0 saturated carbocycles. The summed E-state index contributed by atoms with van der Waals surface area (Å²) in [6, 6.07) is 0.216. The quantitative estimate of drug-likeness (QED) is 0.633. The van der Waals surface area contributed by atoms with Crippen LogP contribution in [0, 0.1) is 5.92 Å². The summed E-state index contributed by atoms with van der Waals surface area (Å²) < 4.78 is 4.90. The van der Waals surface area contributed by atoms with Crippen LogP contribution in [0.4, 0.5) is 0 Å². The second-order valence-corrected chi connectivity index (χ2v) is 3.11. The first-order chi connectivity index (χ1) is 5.24. The lowest BCUT2D eigenvalue weighted by Gasteiger charge is -2.27. The molecule has 1 unspecified atom stereocenters. The van der Waals surface area contributed by atoms with E-state index in [2.05, 4.69) is 5.32 Å². The van der Waals surface area contributed by atoms with Crippen LogP contribution in [-0.2, 0) is 9.53 Å². The van der Waals surface area contributed by atoms with E-state index in [9.17, 15) is 4.79 Å². The zero-order valence-corrected chi connectivity index (χ0v) is 7.23. The first-order valence-electron chi connectivity index (χ1n) is 3.68. The zero-order valence-electron chi connectivity index (χ0n) is 6.47. The Morgan fingerprint density at radius 1 is 1.82 bits per heavy atom. The minimum atomic E-state index is -0.0998. The molecule has 1 N–H and O–H groups in total. The fourth-order valence-corrected chi connectivity index (χ4v) is 0.873. The van der Waals surface area contributed by atoms with Gasteiger partial charge in [-0.15, -0.1) is 11.6 Å². The van der Waals surface area contributed by atoms with E-state index in [1.54, 1.807) is 0 Å². The number of hydrogen-bond acceptors (Lipinski definition) is 2. The van der Waals surface area contributed by atoms with Gasteiger partial charge in [0.25, 0.3) is 0 Å². The number of hydrogen-bond donors (Lipinski definition) is 1. The summed E-state index contributed by atoms with van der Waals surface area (Å²) in [6.07, 6.45) is 0. The van der Waals surface area contributed by atoms with Crippen molar-refractivity contribution in [2.24, 2.45) is 5.92 Å². The lowest BCUT2D eigenvalue weighted by atomic mass is 10.1. The van der Waals surface area contributed by atoms with Gasteiger partial charge in [0.2, 0.25) is 5.91 Å². The van der Waals surface area contributed by atoms with Crippen molar-refractivity contribution in [2.45, 2.75) is 13.0 Å². The van der Waals surface area contributed by atoms with Gasteiger partial charge in [-0.1, -0.05) is 6.92 Å². The molecule has 1 heterocycles. The van der Waals surface area contributed by atoms with Crippen LogP contribution < -0.4 is 5.32 Å². The number of rotatable bonds is 3. The average molecular weight is 178 g/mol. The second-order valence-electron chi connectivity index (χ2n) is 2.80. The molecule has 0 aliphatic carbocycles. The lowest BCUT2D eigenvalue weighted by Crippen LogP contribution is -2.50. The molecule has 64 valence electrons. The molecule has 3 nitrogen and oxygen atoms in total. The Labute approximate surface area is 71.1 Å². The van der Waals surface area contributed by atoms with Crippen molar-refractivity contribution < 1.29 is 9.53 Å². The van der Waals surface area contributed by atoms with Gasteiger partial charge in [0.05, 0.1) is 19.3 Å². The van der Waals surface area contributed by atoms with Crippen LogP contribution in [0.3, 0.4) is 0 Å². The largest absolute Gasteiger partial charge is 0.377 e. The minimum Gasteiger partial charge on any atom is -0.377 e. The van der Waals surface area contributed by atoms with Crippen molar-refractivity contribution in [3.8, 4) is 0 Å². The average Bonchev–Trinajstić information content (AvgIpc) is 1.94. The molecule has 0 aromatic rings. The van der Waals surface area contributed by atoms with Crippen molar-refractivity contribution in [3.63, 3.8) is 0 Å². The van der Waals surface area contributed by atoms with Gasteiger partial charge in [0.1, 0.15) is 0 Å². The molecule has 1 atom stereocenters. The first kappa shape index (κ1) is 8.81. The van der Waals surface area contributed by atoms with Crippen LogP contribution >= 0.6 is 11.6 Å². The fraction of sp³-hybridized carbons (Fsp3) is 0.857. The fourth-order valence-electron chi connectivity index (χ4n) is 0.733. The normalized spacial score (nSPS) is 20.5. The van der Waals surface area contributed by atoms with Gasteiger partial charge in [-0.3, -0.25) is 4.79 Å². The maximum Gasteiger partial charge on any atom is 0.224 e. The summed E-state index contributed by atoms with van der Waals surface area (Å²) in [5.41, 5.74) is 0. The Morgan fingerprint density at radius 3 is 2.82 bits per heavy atom. The molecular weight excluding hydrogens is 166 g/mol. The van der Waals surface area contributed by atoms with E-state index in [4.69, 9.17) is 16.3 Å². The molecule has 1 aliphatic rings. The maximum atomic E-state index is 11.1.